The summed E-state index contributed by atoms with van der Waals surface area (Å²) < 4.78 is 0. The molecule has 0 atom stereocenters. The molecule has 0 amide bonds. The first-order chi connectivity index (χ1) is 4.72. The third-order valence-corrected chi connectivity index (χ3v) is 1.44. The summed E-state index contributed by atoms with van der Waals surface area (Å²) in [5.41, 5.74) is 0. The van der Waals surface area contributed by atoms with Crippen LogP contribution in [0.3, 0.4) is 0 Å². The minimum Gasteiger partial charge on any atom is -0.258 e. The maximum atomic E-state index is 10.1. The molecule has 0 spiro atoms. The van der Waals surface area contributed by atoms with Gasteiger partial charge in [-0.25, -0.2) is 0 Å². The molecule has 0 saturated heterocycles. The van der Waals surface area contributed by atoms with E-state index in [1.165, 1.54) is 0 Å². The summed E-state index contributed by atoms with van der Waals surface area (Å²) in [5, 5.41) is 4.48. The SMILES string of the molecule is CCCCN(N=O)C(C)C. The summed E-state index contributed by atoms with van der Waals surface area (Å²) in [6, 6.07) is 0.240. The van der Waals surface area contributed by atoms with Gasteiger partial charge in [0.1, 0.15) is 0 Å². The van der Waals surface area contributed by atoms with Crippen LogP contribution in [0.1, 0.15) is 33.6 Å². The van der Waals surface area contributed by atoms with Crippen molar-refractivity contribution in [1.82, 2.24) is 5.01 Å². The van der Waals surface area contributed by atoms with Crippen molar-refractivity contribution in [2.45, 2.75) is 39.7 Å². The van der Waals surface area contributed by atoms with Gasteiger partial charge in [0.15, 0.2) is 0 Å². The van der Waals surface area contributed by atoms with E-state index in [2.05, 4.69) is 12.2 Å². The van der Waals surface area contributed by atoms with Gasteiger partial charge in [-0.1, -0.05) is 13.3 Å². The highest BCUT2D eigenvalue weighted by molar-refractivity contribution is 4.55. The molecule has 0 unspecified atom stereocenters. The van der Waals surface area contributed by atoms with Crippen LogP contribution in [0.5, 0.6) is 0 Å². The topological polar surface area (TPSA) is 32.7 Å². The van der Waals surface area contributed by atoms with Crippen molar-refractivity contribution in [3.8, 4) is 0 Å². The average Bonchev–Trinajstić information content (AvgIpc) is 1.89. The van der Waals surface area contributed by atoms with Gasteiger partial charge in [-0.3, -0.25) is 5.01 Å². The van der Waals surface area contributed by atoms with E-state index in [1.54, 1.807) is 5.01 Å². The van der Waals surface area contributed by atoms with Crippen LogP contribution in [0, 0.1) is 4.91 Å². The van der Waals surface area contributed by atoms with E-state index in [-0.39, 0.29) is 6.04 Å². The molecule has 0 aromatic heterocycles. The van der Waals surface area contributed by atoms with Crippen LogP contribution in [0.2, 0.25) is 0 Å². The van der Waals surface area contributed by atoms with Crippen LogP contribution in [-0.4, -0.2) is 17.6 Å². The second-order valence-electron chi connectivity index (χ2n) is 2.69. The largest absolute Gasteiger partial charge is 0.258 e. The first kappa shape index (κ1) is 9.40. The molecule has 0 bridgehead atoms. The smallest absolute Gasteiger partial charge is 0.0526 e. The summed E-state index contributed by atoms with van der Waals surface area (Å²) in [6.45, 7) is 6.83. The second kappa shape index (κ2) is 5.21. The van der Waals surface area contributed by atoms with Crippen LogP contribution in [-0.2, 0) is 0 Å². The Kier molecular flexibility index (Phi) is 4.89. The van der Waals surface area contributed by atoms with Gasteiger partial charge in [0, 0.05) is 12.6 Å². The van der Waals surface area contributed by atoms with E-state index in [4.69, 9.17) is 0 Å². The Morgan fingerprint density at radius 2 is 2.10 bits per heavy atom. The summed E-state index contributed by atoms with van der Waals surface area (Å²) in [4.78, 5) is 10.1. The highest BCUT2D eigenvalue weighted by atomic mass is 16.3. The third kappa shape index (κ3) is 3.43. The van der Waals surface area contributed by atoms with E-state index < -0.39 is 0 Å². The molecule has 0 N–H and O–H groups in total. The molecule has 0 radical (unpaired) electrons. The lowest BCUT2D eigenvalue weighted by molar-refractivity contribution is 0.225. The maximum Gasteiger partial charge on any atom is 0.0526 e. The van der Waals surface area contributed by atoms with Crippen molar-refractivity contribution in [2.24, 2.45) is 5.29 Å². The van der Waals surface area contributed by atoms with E-state index in [1.807, 2.05) is 13.8 Å². The van der Waals surface area contributed by atoms with Gasteiger partial charge >= 0.3 is 0 Å². The van der Waals surface area contributed by atoms with E-state index >= 15 is 0 Å². The fourth-order valence-corrected chi connectivity index (χ4v) is 0.713. The number of unbranched alkanes of at least 4 members (excludes halogenated alkanes) is 1. The van der Waals surface area contributed by atoms with Gasteiger partial charge in [-0.15, -0.1) is 4.91 Å². The average molecular weight is 144 g/mol. The quantitative estimate of drug-likeness (QED) is 0.437. The zero-order chi connectivity index (χ0) is 7.98. The van der Waals surface area contributed by atoms with Gasteiger partial charge in [0.05, 0.1) is 5.29 Å². The molecule has 0 saturated carbocycles. The first-order valence-corrected chi connectivity index (χ1v) is 3.82. The lowest BCUT2D eigenvalue weighted by atomic mass is 10.3. The summed E-state index contributed by atoms with van der Waals surface area (Å²) in [7, 11) is 0. The van der Waals surface area contributed by atoms with Gasteiger partial charge in [0.25, 0.3) is 0 Å². The molecule has 0 aliphatic heterocycles. The fraction of sp³-hybridized carbons (Fsp3) is 1.00. The van der Waals surface area contributed by atoms with Crippen LogP contribution >= 0.6 is 0 Å². The summed E-state index contributed by atoms with van der Waals surface area (Å²) in [5.74, 6) is 0. The Morgan fingerprint density at radius 3 is 2.40 bits per heavy atom. The van der Waals surface area contributed by atoms with Crippen molar-refractivity contribution in [1.29, 1.82) is 0 Å². The van der Waals surface area contributed by atoms with Gasteiger partial charge in [-0.2, -0.15) is 0 Å². The van der Waals surface area contributed by atoms with Crippen molar-refractivity contribution in [3.63, 3.8) is 0 Å². The van der Waals surface area contributed by atoms with Gasteiger partial charge in [-0.05, 0) is 20.3 Å². The Bertz CT molecular complexity index is 93.6. The molecule has 0 aliphatic rings. The minimum absolute atomic E-state index is 0.240. The van der Waals surface area contributed by atoms with Crippen molar-refractivity contribution in [2.75, 3.05) is 6.54 Å². The predicted molar refractivity (Wildman–Crippen MR) is 42.5 cm³/mol. The number of rotatable bonds is 5. The van der Waals surface area contributed by atoms with E-state index in [0.717, 1.165) is 19.4 Å². The molecule has 3 heteroatoms. The van der Waals surface area contributed by atoms with Crippen LogP contribution < -0.4 is 0 Å². The molecular weight excluding hydrogens is 128 g/mol. The maximum absolute atomic E-state index is 10.1. The highest BCUT2D eigenvalue weighted by Gasteiger charge is 2.04. The van der Waals surface area contributed by atoms with Gasteiger partial charge in [0.2, 0.25) is 0 Å². The molecule has 0 aromatic rings. The summed E-state index contributed by atoms with van der Waals surface area (Å²) >= 11 is 0. The highest BCUT2D eigenvalue weighted by Crippen LogP contribution is 2.00. The zero-order valence-corrected chi connectivity index (χ0v) is 7.00. The lowest BCUT2D eigenvalue weighted by Gasteiger charge is -2.18. The van der Waals surface area contributed by atoms with Crippen molar-refractivity contribution < 1.29 is 0 Å². The fourth-order valence-electron chi connectivity index (χ4n) is 0.713. The zero-order valence-electron chi connectivity index (χ0n) is 7.00. The number of hydrogen-bond donors (Lipinski definition) is 0. The molecule has 0 aromatic carbocycles. The Morgan fingerprint density at radius 1 is 1.50 bits per heavy atom. The molecule has 10 heavy (non-hydrogen) atoms. The molecule has 3 nitrogen and oxygen atoms in total. The minimum atomic E-state index is 0.240. The second-order valence-corrected chi connectivity index (χ2v) is 2.69. The van der Waals surface area contributed by atoms with Crippen LogP contribution in [0.4, 0.5) is 0 Å². The standard InChI is InChI=1S/C7H16N2O/c1-4-5-6-9(8-10)7(2)3/h7H,4-6H2,1-3H3. The third-order valence-electron chi connectivity index (χ3n) is 1.44. The molecule has 0 heterocycles. The Labute approximate surface area is 62.4 Å². The molecule has 0 aliphatic carbocycles. The van der Waals surface area contributed by atoms with Crippen molar-refractivity contribution in [3.05, 3.63) is 4.91 Å². The molecule has 0 fully saturated rings. The summed E-state index contributed by atoms with van der Waals surface area (Å²) in [6.07, 6.45) is 2.16. The molecule has 0 rings (SSSR count). The number of nitroso groups, excluding NO2 is 1. The Balaban J connectivity index is 3.50. The van der Waals surface area contributed by atoms with Gasteiger partial charge < -0.3 is 0 Å². The van der Waals surface area contributed by atoms with E-state index in [0.29, 0.717) is 0 Å². The lowest BCUT2D eigenvalue weighted by Crippen LogP contribution is -2.25. The monoisotopic (exact) mass is 144 g/mol. The first-order valence-electron chi connectivity index (χ1n) is 3.82. The van der Waals surface area contributed by atoms with E-state index in [9.17, 15) is 4.91 Å². The van der Waals surface area contributed by atoms with Crippen molar-refractivity contribution >= 4 is 0 Å². The normalized spacial score (nSPS) is 10.0. The predicted octanol–water partition coefficient (Wildman–Crippen LogP) is 2.18. The van der Waals surface area contributed by atoms with Crippen LogP contribution in [0.25, 0.3) is 0 Å². The Hall–Kier alpha value is -0.600. The molecular formula is C7H16N2O. The van der Waals surface area contributed by atoms with Crippen LogP contribution in [0.15, 0.2) is 5.29 Å². The molecule has 60 valence electrons. The number of hydrogen-bond acceptors (Lipinski definition) is 2. The number of nitrogens with zero attached hydrogens (tertiary/aromatic N) is 2.